The topological polar surface area (TPSA) is 37.3 Å². The van der Waals surface area contributed by atoms with Crippen LogP contribution >= 0.6 is 7.14 Å². The lowest BCUT2D eigenvalue weighted by atomic mass is 9.93. The molecule has 1 unspecified atom stereocenters. The fraction of sp³-hybridized carbons (Fsp3) is 0.189. The quantitative estimate of drug-likeness (QED) is 0.138. The Labute approximate surface area is 245 Å². The van der Waals surface area contributed by atoms with Crippen LogP contribution < -0.4 is 10.6 Å². The molecule has 206 valence electrons. The summed E-state index contributed by atoms with van der Waals surface area (Å²) in [4.78, 5) is 0. The highest BCUT2D eigenvalue weighted by Crippen LogP contribution is 2.58. The second-order valence-electron chi connectivity index (χ2n) is 11.5. The van der Waals surface area contributed by atoms with Crippen molar-refractivity contribution in [1.82, 2.24) is 0 Å². The Morgan fingerprint density at radius 3 is 1.59 bits per heavy atom. The smallest absolute Gasteiger partial charge is 0.170 e. The van der Waals surface area contributed by atoms with Crippen LogP contribution in [0.15, 0.2) is 138 Å². The lowest BCUT2D eigenvalue weighted by Gasteiger charge is -2.30. The van der Waals surface area contributed by atoms with Gasteiger partial charge in [0.1, 0.15) is 14.2 Å². The summed E-state index contributed by atoms with van der Waals surface area (Å²) in [6, 6.07) is 39.5. The average Bonchev–Trinajstić information content (AvgIpc) is 3.48. The summed E-state index contributed by atoms with van der Waals surface area (Å²) < 4.78 is 16.1. The van der Waals surface area contributed by atoms with Crippen LogP contribution in [0.4, 0.5) is 0 Å². The molecular formula is C37H37O2PSi. The monoisotopic (exact) mass is 572 g/mol. The van der Waals surface area contributed by atoms with Crippen molar-refractivity contribution in [3.63, 3.8) is 0 Å². The van der Waals surface area contributed by atoms with E-state index in [1.54, 1.807) is 0 Å². The minimum Gasteiger partial charge on any atom is -0.384 e. The predicted octanol–water partition coefficient (Wildman–Crippen LogP) is 8.18. The number of aliphatic hydroxyl groups excluding tert-OH is 1. The highest BCUT2D eigenvalue weighted by atomic mass is 31.2. The molecule has 0 saturated heterocycles. The number of rotatable bonds is 7. The first-order valence-corrected chi connectivity index (χ1v) is 19.5. The number of hydrogen-bond donors (Lipinski definition) is 1. The van der Waals surface area contributed by atoms with Crippen LogP contribution in [0.1, 0.15) is 30.4 Å². The molecule has 4 heteroatoms. The van der Waals surface area contributed by atoms with Gasteiger partial charge in [-0.1, -0.05) is 147 Å². The van der Waals surface area contributed by atoms with E-state index in [2.05, 4.69) is 31.1 Å². The summed E-state index contributed by atoms with van der Waals surface area (Å²) in [5.41, 5.74) is 8.09. The molecule has 4 aromatic rings. The summed E-state index contributed by atoms with van der Waals surface area (Å²) in [5, 5.41) is 14.6. The van der Waals surface area contributed by atoms with E-state index in [4.69, 9.17) is 0 Å². The lowest BCUT2D eigenvalue weighted by Crippen LogP contribution is -2.26. The van der Waals surface area contributed by atoms with Gasteiger partial charge in [-0.05, 0) is 41.5 Å². The van der Waals surface area contributed by atoms with Crippen LogP contribution in [0, 0.1) is 11.5 Å². The maximum absolute atomic E-state index is 16.1. The van der Waals surface area contributed by atoms with Gasteiger partial charge >= 0.3 is 0 Å². The van der Waals surface area contributed by atoms with Gasteiger partial charge in [0.25, 0.3) is 0 Å². The zero-order valence-electron chi connectivity index (χ0n) is 24.0. The van der Waals surface area contributed by atoms with Gasteiger partial charge in [0, 0.05) is 21.5 Å². The molecular weight excluding hydrogens is 535 g/mol. The predicted molar refractivity (Wildman–Crippen MR) is 177 cm³/mol. The summed E-state index contributed by atoms with van der Waals surface area (Å²) in [6.45, 7) is 6.70. The molecule has 4 aromatic carbocycles. The van der Waals surface area contributed by atoms with Crippen molar-refractivity contribution >= 4 is 31.4 Å². The van der Waals surface area contributed by atoms with Crippen molar-refractivity contribution in [2.24, 2.45) is 0 Å². The van der Waals surface area contributed by atoms with Crippen molar-refractivity contribution in [2.75, 3.05) is 0 Å². The van der Waals surface area contributed by atoms with Gasteiger partial charge in [0.05, 0.1) is 0 Å². The van der Waals surface area contributed by atoms with Crippen LogP contribution in [0.25, 0.3) is 5.57 Å². The van der Waals surface area contributed by atoms with E-state index < -0.39 is 21.3 Å². The Morgan fingerprint density at radius 2 is 1.15 bits per heavy atom. The number of benzene rings is 4. The van der Waals surface area contributed by atoms with Gasteiger partial charge in [-0.3, -0.25) is 0 Å². The van der Waals surface area contributed by atoms with E-state index in [9.17, 15) is 5.11 Å². The van der Waals surface area contributed by atoms with Crippen LogP contribution in [-0.4, -0.2) is 19.3 Å². The Balaban J connectivity index is 1.92. The first-order chi connectivity index (χ1) is 19.8. The number of aliphatic hydroxyl groups is 1. The van der Waals surface area contributed by atoms with Gasteiger partial charge in [-0.15, -0.1) is 5.54 Å². The first-order valence-electron chi connectivity index (χ1n) is 14.3. The van der Waals surface area contributed by atoms with E-state index in [1.165, 1.54) is 0 Å². The molecule has 0 bridgehead atoms. The van der Waals surface area contributed by atoms with E-state index in [0.717, 1.165) is 47.1 Å². The van der Waals surface area contributed by atoms with Crippen molar-refractivity contribution in [3.05, 3.63) is 149 Å². The maximum atomic E-state index is 16.1. The third-order valence-electron chi connectivity index (χ3n) is 7.40. The van der Waals surface area contributed by atoms with Gasteiger partial charge < -0.3 is 9.67 Å². The summed E-state index contributed by atoms with van der Waals surface area (Å²) in [6.07, 6.45) is 1.46. The molecule has 41 heavy (non-hydrogen) atoms. The summed E-state index contributed by atoms with van der Waals surface area (Å²) in [5.74, 6) is 3.48. The van der Waals surface area contributed by atoms with Crippen LogP contribution in [-0.2, 0) is 4.57 Å². The molecule has 2 nitrogen and oxygen atoms in total. The van der Waals surface area contributed by atoms with E-state index in [1.807, 2.05) is 121 Å². The van der Waals surface area contributed by atoms with E-state index in [0.29, 0.717) is 15.9 Å². The average molecular weight is 573 g/mol. The molecule has 0 fully saturated rings. The molecule has 1 atom stereocenters. The molecule has 1 aliphatic carbocycles. The zero-order valence-corrected chi connectivity index (χ0v) is 25.9. The van der Waals surface area contributed by atoms with Crippen molar-refractivity contribution in [3.8, 4) is 11.5 Å². The highest BCUT2D eigenvalue weighted by Gasteiger charge is 2.41. The molecule has 0 saturated carbocycles. The minimum absolute atomic E-state index is 0.552. The molecule has 0 amide bonds. The third kappa shape index (κ3) is 6.32. The van der Waals surface area contributed by atoms with Gasteiger partial charge in [-0.2, -0.15) is 0 Å². The van der Waals surface area contributed by atoms with Crippen LogP contribution in [0.3, 0.4) is 0 Å². The molecule has 0 heterocycles. The van der Waals surface area contributed by atoms with E-state index in [-0.39, 0.29) is 0 Å². The first kappa shape index (κ1) is 28.8. The van der Waals surface area contributed by atoms with Gasteiger partial charge in [0.15, 0.2) is 7.14 Å². The highest BCUT2D eigenvalue weighted by molar-refractivity contribution is 7.82. The van der Waals surface area contributed by atoms with Crippen molar-refractivity contribution in [2.45, 2.75) is 45.0 Å². The SMILES string of the molecule is C[Si](C)(C)C#CC1=C(C(O)C(=C(c2ccccc2)c2ccccc2)P(=O)(c2ccccc2)c2ccccc2)CCC1. The van der Waals surface area contributed by atoms with Crippen molar-refractivity contribution < 1.29 is 9.67 Å². The van der Waals surface area contributed by atoms with Crippen molar-refractivity contribution in [1.29, 1.82) is 0 Å². The molecule has 1 aliphatic rings. The minimum atomic E-state index is -3.55. The Hall–Kier alpha value is -3.67. The molecule has 1 N–H and O–H groups in total. The second-order valence-corrected chi connectivity index (χ2v) is 19.0. The normalized spacial score (nSPS) is 14.2. The largest absolute Gasteiger partial charge is 0.384 e. The second kappa shape index (κ2) is 12.5. The summed E-state index contributed by atoms with van der Waals surface area (Å²) >= 11 is 0. The molecule has 5 rings (SSSR count). The third-order valence-corrected chi connectivity index (χ3v) is 11.5. The zero-order chi connectivity index (χ0) is 28.9. The lowest BCUT2D eigenvalue weighted by molar-refractivity contribution is 0.251. The van der Waals surface area contributed by atoms with Crippen LogP contribution in [0.5, 0.6) is 0 Å². The van der Waals surface area contributed by atoms with E-state index >= 15 is 4.57 Å². The molecule has 0 radical (unpaired) electrons. The molecule has 0 aliphatic heterocycles. The number of allylic oxidation sites excluding steroid dienone is 1. The fourth-order valence-corrected chi connectivity index (χ4v) is 9.12. The fourth-order valence-electron chi connectivity index (χ4n) is 5.48. The van der Waals surface area contributed by atoms with Gasteiger partial charge in [0.2, 0.25) is 0 Å². The Kier molecular flexibility index (Phi) is 8.76. The Bertz CT molecular complexity index is 1570. The standard InChI is InChI=1S/C37H37O2PSi/c1-41(2,3)28-27-29-21-16-26-34(29)36(38)37(35(30-17-8-4-9-18-30)31-19-10-5-11-20-31)40(39,32-22-12-6-13-23-32)33-24-14-7-15-25-33/h4-15,17-20,22-25,36,38H,16,21,26H2,1-3H3. The molecule has 0 spiro atoms. The Morgan fingerprint density at radius 1 is 0.707 bits per heavy atom. The van der Waals surface area contributed by atoms with Crippen LogP contribution in [0.2, 0.25) is 19.6 Å². The summed E-state index contributed by atoms with van der Waals surface area (Å²) in [7, 11) is -5.18. The molecule has 0 aromatic heterocycles. The maximum Gasteiger partial charge on any atom is 0.170 e. The van der Waals surface area contributed by atoms with Gasteiger partial charge in [-0.25, -0.2) is 0 Å². The number of hydrogen-bond acceptors (Lipinski definition) is 2.